The third kappa shape index (κ3) is 1.92. The smallest absolute Gasteiger partial charge is 0.354 e. The van der Waals surface area contributed by atoms with E-state index in [9.17, 15) is 9.18 Å². The third-order valence-corrected chi connectivity index (χ3v) is 2.56. The lowest BCUT2D eigenvalue weighted by molar-refractivity contribution is 0.0687. The minimum atomic E-state index is -1.11. The number of carboxylic acids is 1. The number of nitrogens with zero attached hydrogens (tertiary/aromatic N) is 2. The molecule has 1 heterocycles. The average molecular weight is 250 g/mol. The molecule has 0 saturated carbocycles. The molecular weight excluding hydrogens is 239 g/mol. The fourth-order valence-corrected chi connectivity index (χ4v) is 1.71. The number of hydrogen-bond donors (Lipinski definition) is 1. The SMILES string of the molecule is COc1ccc(-c2ncn(C)c2C(=O)O)cc1F. The van der Waals surface area contributed by atoms with Crippen LogP contribution in [0.25, 0.3) is 11.3 Å². The topological polar surface area (TPSA) is 64.4 Å². The highest BCUT2D eigenvalue weighted by molar-refractivity contribution is 5.93. The number of carbonyl (C=O) groups is 1. The second kappa shape index (κ2) is 4.48. The van der Waals surface area contributed by atoms with Gasteiger partial charge in [-0.25, -0.2) is 14.2 Å². The minimum absolute atomic E-state index is 0.0135. The second-order valence-corrected chi connectivity index (χ2v) is 3.71. The van der Waals surface area contributed by atoms with Gasteiger partial charge in [0.1, 0.15) is 5.69 Å². The number of aromatic nitrogens is 2. The Kier molecular flexibility index (Phi) is 3.01. The molecule has 0 aliphatic heterocycles. The van der Waals surface area contributed by atoms with Crippen molar-refractivity contribution in [1.82, 2.24) is 9.55 Å². The van der Waals surface area contributed by atoms with Crippen LogP contribution in [0.5, 0.6) is 5.75 Å². The van der Waals surface area contributed by atoms with E-state index < -0.39 is 11.8 Å². The number of carboxylic acid groups (broad SMARTS) is 1. The molecule has 0 unspecified atom stereocenters. The average Bonchev–Trinajstić information content (AvgIpc) is 2.71. The molecule has 18 heavy (non-hydrogen) atoms. The van der Waals surface area contributed by atoms with Crippen molar-refractivity contribution in [3.05, 3.63) is 36.0 Å². The Balaban J connectivity index is 2.56. The van der Waals surface area contributed by atoms with Gasteiger partial charge in [0.05, 0.1) is 13.4 Å². The van der Waals surface area contributed by atoms with Gasteiger partial charge in [-0.15, -0.1) is 0 Å². The summed E-state index contributed by atoms with van der Waals surface area (Å²) in [5, 5.41) is 9.09. The number of hydrogen-bond acceptors (Lipinski definition) is 3. The first-order valence-electron chi connectivity index (χ1n) is 5.13. The Morgan fingerprint density at radius 2 is 2.22 bits per heavy atom. The van der Waals surface area contributed by atoms with E-state index in [1.165, 1.54) is 30.1 Å². The van der Waals surface area contributed by atoms with E-state index in [0.717, 1.165) is 0 Å². The van der Waals surface area contributed by atoms with Crippen LogP contribution < -0.4 is 4.74 Å². The molecule has 0 bridgehead atoms. The van der Waals surface area contributed by atoms with E-state index in [1.54, 1.807) is 13.1 Å². The molecule has 0 aliphatic carbocycles. The summed E-state index contributed by atoms with van der Waals surface area (Å²) in [6.07, 6.45) is 1.38. The molecule has 94 valence electrons. The standard InChI is InChI=1S/C12H11FN2O3/c1-15-6-14-10(11(15)12(16)17)7-3-4-9(18-2)8(13)5-7/h3-6H,1-2H3,(H,16,17). The van der Waals surface area contributed by atoms with Crippen LogP contribution in [0.1, 0.15) is 10.5 Å². The van der Waals surface area contributed by atoms with Gasteiger partial charge in [0.25, 0.3) is 0 Å². The summed E-state index contributed by atoms with van der Waals surface area (Å²) < 4.78 is 19.7. The first kappa shape index (κ1) is 12.1. The van der Waals surface area contributed by atoms with E-state index in [1.807, 2.05) is 0 Å². The zero-order valence-electron chi connectivity index (χ0n) is 9.85. The molecule has 1 N–H and O–H groups in total. The largest absolute Gasteiger partial charge is 0.494 e. The number of aromatic carboxylic acids is 1. The van der Waals surface area contributed by atoms with Gasteiger partial charge in [0.15, 0.2) is 17.3 Å². The maximum absolute atomic E-state index is 13.6. The second-order valence-electron chi connectivity index (χ2n) is 3.71. The highest BCUT2D eigenvalue weighted by Gasteiger charge is 2.18. The van der Waals surface area contributed by atoms with Crippen molar-refractivity contribution in [1.29, 1.82) is 0 Å². The van der Waals surface area contributed by atoms with Crippen molar-refractivity contribution in [3.63, 3.8) is 0 Å². The molecule has 1 aromatic carbocycles. The van der Waals surface area contributed by atoms with Gasteiger partial charge in [0.2, 0.25) is 0 Å². The molecule has 0 spiro atoms. The number of benzene rings is 1. The molecule has 1 aromatic heterocycles. The van der Waals surface area contributed by atoms with Crippen LogP contribution >= 0.6 is 0 Å². The van der Waals surface area contributed by atoms with Crippen LogP contribution in [-0.2, 0) is 7.05 Å². The Morgan fingerprint density at radius 3 is 2.78 bits per heavy atom. The van der Waals surface area contributed by atoms with Gasteiger partial charge >= 0.3 is 5.97 Å². The first-order chi connectivity index (χ1) is 8.54. The molecule has 2 rings (SSSR count). The third-order valence-electron chi connectivity index (χ3n) is 2.56. The van der Waals surface area contributed by atoms with E-state index in [4.69, 9.17) is 9.84 Å². The molecule has 0 radical (unpaired) electrons. The van der Waals surface area contributed by atoms with Crippen molar-refractivity contribution < 1.29 is 19.0 Å². The molecule has 0 atom stereocenters. The molecular formula is C12H11FN2O3. The lowest BCUT2D eigenvalue weighted by Crippen LogP contribution is -2.05. The van der Waals surface area contributed by atoms with E-state index in [2.05, 4.69) is 4.98 Å². The van der Waals surface area contributed by atoms with Crippen LogP contribution in [0, 0.1) is 5.82 Å². The van der Waals surface area contributed by atoms with Crippen molar-refractivity contribution in [2.75, 3.05) is 7.11 Å². The monoisotopic (exact) mass is 250 g/mol. The van der Waals surface area contributed by atoms with Crippen molar-refractivity contribution in [2.45, 2.75) is 0 Å². The van der Waals surface area contributed by atoms with E-state index in [-0.39, 0.29) is 17.1 Å². The molecule has 0 saturated heterocycles. The van der Waals surface area contributed by atoms with Gasteiger partial charge in [-0.2, -0.15) is 0 Å². The summed E-state index contributed by atoms with van der Waals surface area (Å²) in [5.41, 5.74) is 0.636. The van der Waals surface area contributed by atoms with Crippen LogP contribution in [0.15, 0.2) is 24.5 Å². The summed E-state index contributed by atoms with van der Waals surface area (Å²) in [6, 6.07) is 4.20. The molecule has 6 heteroatoms. The van der Waals surface area contributed by atoms with Gasteiger partial charge in [-0.3, -0.25) is 0 Å². The van der Waals surface area contributed by atoms with E-state index >= 15 is 0 Å². The van der Waals surface area contributed by atoms with Crippen LogP contribution in [0.3, 0.4) is 0 Å². The maximum atomic E-state index is 13.6. The zero-order valence-corrected chi connectivity index (χ0v) is 9.85. The van der Waals surface area contributed by atoms with Gasteiger partial charge < -0.3 is 14.4 Å². The summed E-state index contributed by atoms with van der Waals surface area (Å²) in [5.74, 6) is -1.57. The van der Waals surface area contributed by atoms with Crippen molar-refractivity contribution in [3.8, 4) is 17.0 Å². The minimum Gasteiger partial charge on any atom is -0.494 e. The lowest BCUT2D eigenvalue weighted by atomic mass is 10.1. The first-order valence-corrected chi connectivity index (χ1v) is 5.13. The Hall–Kier alpha value is -2.37. The van der Waals surface area contributed by atoms with E-state index in [0.29, 0.717) is 5.56 Å². The predicted molar refractivity (Wildman–Crippen MR) is 62.1 cm³/mol. The number of imidazole rings is 1. The fourth-order valence-electron chi connectivity index (χ4n) is 1.71. The number of aryl methyl sites for hydroxylation is 1. The summed E-state index contributed by atoms with van der Waals surface area (Å²) >= 11 is 0. The van der Waals surface area contributed by atoms with Gasteiger partial charge in [0, 0.05) is 12.6 Å². The summed E-state index contributed by atoms with van der Waals surface area (Å²) in [4.78, 5) is 15.1. The zero-order chi connectivity index (χ0) is 13.3. The van der Waals surface area contributed by atoms with Crippen LogP contribution in [-0.4, -0.2) is 27.7 Å². The Bertz CT molecular complexity index is 607. The maximum Gasteiger partial charge on any atom is 0.354 e. The number of halogens is 1. The predicted octanol–water partition coefficient (Wildman–Crippen LogP) is 1.93. The van der Waals surface area contributed by atoms with Crippen LogP contribution in [0.2, 0.25) is 0 Å². The van der Waals surface area contributed by atoms with Crippen molar-refractivity contribution >= 4 is 5.97 Å². The lowest BCUT2D eigenvalue weighted by Gasteiger charge is -2.05. The number of methoxy groups -OCH3 is 1. The molecule has 2 aromatic rings. The molecule has 0 fully saturated rings. The molecule has 0 aliphatic rings. The van der Waals surface area contributed by atoms with Gasteiger partial charge in [-0.1, -0.05) is 0 Å². The highest BCUT2D eigenvalue weighted by Crippen LogP contribution is 2.26. The van der Waals surface area contributed by atoms with Crippen molar-refractivity contribution in [2.24, 2.45) is 7.05 Å². The fraction of sp³-hybridized carbons (Fsp3) is 0.167. The quantitative estimate of drug-likeness (QED) is 0.904. The summed E-state index contributed by atoms with van der Waals surface area (Å²) in [6.45, 7) is 0. The highest BCUT2D eigenvalue weighted by atomic mass is 19.1. The molecule has 5 nitrogen and oxygen atoms in total. The number of ether oxygens (including phenoxy) is 1. The summed E-state index contributed by atoms with van der Waals surface area (Å²) in [7, 11) is 2.93. The number of rotatable bonds is 3. The Morgan fingerprint density at radius 1 is 1.50 bits per heavy atom. The van der Waals surface area contributed by atoms with Gasteiger partial charge in [-0.05, 0) is 18.2 Å². The normalized spacial score (nSPS) is 10.4. The molecule has 0 amide bonds. The Labute approximate surface area is 102 Å². The van der Waals surface area contributed by atoms with Crippen LogP contribution in [0.4, 0.5) is 4.39 Å².